The lowest BCUT2D eigenvalue weighted by molar-refractivity contribution is 0.0734. The smallest absolute Gasteiger partial charge is 0.254 e. The van der Waals surface area contributed by atoms with Gasteiger partial charge in [-0.2, -0.15) is 0 Å². The van der Waals surface area contributed by atoms with Crippen molar-refractivity contribution in [2.24, 2.45) is 4.99 Å². The Hall–Kier alpha value is -2.42. The molecule has 1 aliphatic rings. The minimum absolute atomic E-state index is 0.118. The fourth-order valence-corrected chi connectivity index (χ4v) is 3.15. The van der Waals surface area contributed by atoms with Gasteiger partial charge in [-0.1, -0.05) is 24.3 Å². The average Bonchev–Trinajstić information content (AvgIpc) is 2.57. The molecule has 0 N–H and O–H groups in total. The Morgan fingerprint density at radius 2 is 1.87 bits per heavy atom. The van der Waals surface area contributed by atoms with Gasteiger partial charge in [0.1, 0.15) is 0 Å². The molecule has 0 saturated heterocycles. The van der Waals surface area contributed by atoms with Gasteiger partial charge in [-0.25, -0.2) is 0 Å². The lowest BCUT2D eigenvalue weighted by atomic mass is 9.97. The zero-order valence-corrected chi connectivity index (χ0v) is 14.0. The minimum atomic E-state index is 0.118. The second-order valence-corrected chi connectivity index (χ2v) is 6.09. The van der Waals surface area contributed by atoms with Crippen molar-refractivity contribution in [1.29, 1.82) is 0 Å². The summed E-state index contributed by atoms with van der Waals surface area (Å²) in [5.41, 5.74) is 6.36. The number of hydrogen-bond donors (Lipinski definition) is 0. The first-order valence-electron chi connectivity index (χ1n) is 8.06. The quantitative estimate of drug-likeness (QED) is 0.764. The van der Waals surface area contributed by atoms with Gasteiger partial charge in [-0.15, -0.1) is 0 Å². The summed E-state index contributed by atoms with van der Waals surface area (Å²) in [6, 6.07) is 12.4. The van der Waals surface area contributed by atoms with E-state index in [-0.39, 0.29) is 5.91 Å². The first-order chi connectivity index (χ1) is 11.1. The maximum atomic E-state index is 12.9. The van der Waals surface area contributed by atoms with E-state index in [1.54, 1.807) is 6.21 Å². The number of rotatable bonds is 2. The van der Waals surface area contributed by atoms with Crippen LogP contribution in [0.25, 0.3) is 0 Å². The molecule has 0 aromatic heterocycles. The molecule has 0 atom stereocenters. The standard InChI is InChI=1S/C20H22N2O/c1-4-21-19-12-14(2)18(11-15(19)3)20(23)22-10-9-16-7-5-6-8-17(16)13-22/h4-8,11-12H,9-10,13H2,1-3H3. The summed E-state index contributed by atoms with van der Waals surface area (Å²) in [7, 11) is 0. The largest absolute Gasteiger partial charge is 0.334 e. The van der Waals surface area contributed by atoms with Gasteiger partial charge in [0, 0.05) is 24.9 Å². The van der Waals surface area contributed by atoms with Crippen molar-refractivity contribution in [3.8, 4) is 0 Å². The van der Waals surface area contributed by atoms with Gasteiger partial charge in [-0.3, -0.25) is 9.79 Å². The number of hydrogen-bond acceptors (Lipinski definition) is 2. The van der Waals surface area contributed by atoms with Crippen molar-refractivity contribution in [3.63, 3.8) is 0 Å². The molecule has 3 nitrogen and oxygen atoms in total. The van der Waals surface area contributed by atoms with Crippen molar-refractivity contribution >= 4 is 17.8 Å². The maximum absolute atomic E-state index is 12.9. The van der Waals surface area contributed by atoms with E-state index >= 15 is 0 Å². The van der Waals surface area contributed by atoms with Crippen LogP contribution in [0, 0.1) is 13.8 Å². The molecule has 2 aromatic rings. The van der Waals surface area contributed by atoms with Gasteiger partial charge in [0.25, 0.3) is 5.91 Å². The molecule has 2 aromatic carbocycles. The molecule has 1 heterocycles. The number of amides is 1. The van der Waals surface area contributed by atoms with Gasteiger partial charge >= 0.3 is 0 Å². The van der Waals surface area contributed by atoms with Crippen molar-refractivity contribution in [1.82, 2.24) is 4.90 Å². The molecule has 0 fully saturated rings. The first kappa shape index (κ1) is 15.5. The second-order valence-electron chi connectivity index (χ2n) is 6.09. The number of carbonyl (C=O) groups excluding carboxylic acids is 1. The molecule has 3 heteroatoms. The summed E-state index contributed by atoms with van der Waals surface area (Å²) >= 11 is 0. The second kappa shape index (κ2) is 6.37. The van der Waals surface area contributed by atoms with Crippen LogP contribution in [-0.2, 0) is 13.0 Å². The molecule has 3 rings (SSSR count). The van der Waals surface area contributed by atoms with E-state index in [0.29, 0.717) is 6.54 Å². The Bertz CT molecular complexity index is 777. The van der Waals surface area contributed by atoms with E-state index in [2.05, 4.69) is 23.2 Å². The summed E-state index contributed by atoms with van der Waals surface area (Å²) in [5, 5.41) is 0. The van der Waals surface area contributed by atoms with Crippen LogP contribution < -0.4 is 0 Å². The molecular formula is C20H22N2O. The van der Waals surface area contributed by atoms with Crippen LogP contribution in [0.5, 0.6) is 0 Å². The summed E-state index contributed by atoms with van der Waals surface area (Å²) in [5.74, 6) is 0.118. The van der Waals surface area contributed by atoms with Crippen LogP contribution in [0.2, 0.25) is 0 Å². The molecule has 23 heavy (non-hydrogen) atoms. The maximum Gasteiger partial charge on any atom is 0.254 e. The van der Waals surface area contributed by atoms with Crippen LogP contribution >= 0.6 is 0 Å². The van der Waals surface area contributed by atoms with Gasteiger partial charge in [0.15, 0.2) is 0 Å². The Labute approximate surface area is 137 Å². The van der Waals surface area contributed by atoms with E-state index in [1.165, 1.54) is 11.1 Å². The van der Waals surface area contributed by atoms with E-state index in [9.17, 15) is 4.79 Å². The lowest BCUT2D eigenvalue weighted by Crippen LogP contribution is -2.36. The van der Waals surface area contributed by atoms with Gasteiger partial charge in [-0.05, 0) is 61.6 Å². The topological polar surface area (TPSA) is 32.7 Å². The third kappa shape index (κ3) is 3.04. The summed E-state index contributed by atoms with van der Waals surface area (Å²) < 4.78 is 0. The van der Waals surface area contributed by atoms with E-state index < -0.39 is 0 Å². The molecule has 0 aliphatic carbocycles. The van der Waals surface area contributed by atoms with Crippen molar-refractivity contribution in [3.05, 3.63) is 64.2 Å². The van der Waals surface area contributed by atoms with Gasteiger partial charge in [0.05, 0.1) is 5.69 Å². The highest BCUT2D eigenvalue weighted by molar-refractivity contribution is 5.96. The molecule has 1 aliphatic heterocycles. The van der Waals surface area contributed by atoms with E-state index in [0.717, 1.165) is 35.3 Å². The summed E-state index contributed by atoms with van der Waals surface area (Å²) in [6.45, 7) is 7.37. The molecule has 0 saturated carbocycles. The van der Waals surface area contributed by atoms with Gasteiger partial charge < -0.3 is 4.90 Å². The highest BCUT2D eigenvalue weighted by atomic mass is 16.2. The first-order valence-corrected chi connectivity index (χ1v) is 8.06. The fourth-order valence-electron chi connectivity index (χ4n) is 3.15. The Morgan fingerprint density at radius 1 is 1.13 bits per heavy atom. The average molecular weight is 306 g/mol. The third-order valence-electron chi connectivity index (χ3n) is 4.46. The van der Waals surface area contributed by atoms with Crippen LogP contribution in [0.15, 0.2) is 41.4 Å². The molecule has 0 spiro atoms. The highest BCUT2D eigenvalue weighted by Gasteiger charge is 2.23. The van der Waals surface area contributed by atoms with Gasteiger partial charge in [0.2, 0.25) is 0 Å². The monoisotopic (exact) mass is 306 g/mol. The SMILES string of the molecule is CC=Nc1cc(C)c(C(=O)N2CCc3ccccc3C2)cc1C. The van der Waals surface area contributed by atoms with Crippen LogP contribution in [0.4, 0.5) is 5.69 Å². The minimum Gasteiger partial charge on any atom is -0.334 e. The summed E-state index contributed by atoms with van der Waals surface area (Å²) in [4.78, 5) is 19.3. The zero-order chi connectivity index (χ0) is 16.4. The Morgan fingerprint density at radius 3 is 2.61 bits per heavy atom. The van der Waals surface area contributed by atoms with Crippen LogP contribution in [0.3, 0.4) is 0 Å². The predicted molar refractivity (Wildman–Crippen MR) is 94.6 cm³/mol. The lowest BCUT2D eigenvalue weighted by Gasteiger charge is -2.29. The Balaban J connectivity index is 1.88. The Kier molecular flexibility index (Phi) is 4.28. The normalized spacial score (nSPS) is 14.1. The fraction of sp³-hybridized carbons (Fsp3) is 0.300. The molecule has 0 radical (unpaired) electrons. The third-order valence-corrected chi connectivity index (χ3v) is 4.46. The zero-order valence-electron chi connectivity index (χ0n) is 14.0. The van der Waals surface area contributed by atoms with Crippen molar-refractivity contribution in [2.45, 2.75) is 33.7 Å². The number of benzene rings is 2. The summed E-state index contributed by atoms with van der Waals surface area (Å²) in [6.07, 6.45) is 2.71. The highest BCUT2D eigenvalue weighted by Crippen LogP contribution is 2.26. The predicted octanol–water partition coefficient (Wildman–Crippen LogP) is 4.22. The molecule has 0 bridgehead atoms. The van der Waals surface area contributed by atoms with Crippen LogP contribution in [-0.4, -0.2) is 23.6 Å². The number of nitrogens with zero attached hydrogens (tertiary/aromatic N) is 2. The molecule has 1 amide bonds. The molecule has 0 unspecified atom stereocenters. The molecule has 118 valence electrons. The van der Waals surface area contributed by atoms with Crippen LogP contribution in [0.1, 0.15) is 39.5 Å². The van der Waals surface area contributed by atoms with E-state index in [1.807, 2.05) is 43.9 Å². The number of fused-ring (bicyclic) bond motifs is 1. The number of aryl methyl sites for hydroxylation is 2. The van der Waals surface area contributed by atoms with Crippen molar-refractivity contribution < 1.29 is 4.79 Å². The van der Waals surface area contributed by atoms with E-state index in [4.69, 9.17) is 0 Å². The number of carbonyl (C=O) groups is 1. The molecular weight excluding hydrogens is 284 g/mol. The van der Waals surface area contributed by atoms with Crippen molar-refractivity contribution in [2.75, 3.05) is 6.54 Å². The number of aliphatic imine (C=N–C) groups is 1.